The number of phenols is 2. The number of benzene rings is 2. The summed E-state index contributed by atoms with van der Waals surface area (Å²) in [5.41, 5.74) is 5.86. The van der Waals surface area contributed by atoms with Gasteiger partial charge in [0.05, 0.1) is 10.6 Å². The van der Waals surface area contributed by atoms with Crippen LogP contribution in [0.5, 0.6) is 11.5 Å². The first kappa shape index (κ1) is 19.7. The molecule has 2 aromatic carbocycles. The molecule has 0 aliphatic carbocycles. The number of rotatable bonds is 3. The predicted octanol–water partition coefficient (Wildman–Crippen LogP) is 6.47. The Labute approximate surface area is 156 Å². The second-order valence-corrected chi connectivity index (χ2v) is 13.6. The first-order valence-electron chi connectivity index (χ1n) is 8.78. The summed E-state index contributed by atoms with van der Waals surface area (Å²) in [4.78, 5) is 0. The number of fused-ring (bicyclic) bond motifs is 1. The van der Waals surface area contributed by atoms with Crippen LogP contribution >= 0.6 is 11.6 Å². The van der Waals surface area contributed by atoms with Crippen LogP contribution < -0.4 is 0 Å². The van der Waals surface area contributed by atoms with Gasteiger partial charge in [0.25, 0.3) is 0 Å². The van der Waals surface area contributed by atoms with E-state index in [9.17, 15) is 10.2 Å². The van der Waals surface area contributed by atoms with Crippen LogP contribution in [0.4, 0.5) is 0 Å². The van der Waals surface area contributed by atoms with Gasteiger partial charge in [-0.05, 0) is 34.1 Å². The van der Waals surface area contributed by atoms with Gasteiger partial charge < -0.3 is 10.2 Å². The van der Waals surface area contributed by atoms with E-state index in [1.807, 2.05) is 0 Å². The van der Waals surface area contributed by atoms with Crippen molar-refractivity contribution in [3.63, 3.8) is 0 Å². The zero-order chi connectivity index (χ0) is 18.9. The molecule has 2 rings (SSSR count). The number of phenolic OH excluding ortho intramolecular Hbond substituents is 2. The van der Waals surface area contributed by atoms with Crippen LogP contribution in [-0.2, 0) is 0 Å². The fourth-order valence-electron chi connectivity index (χ4n) is 4.13. The molecule has 0 amide bonds. The molecule has 2 nitrogen and oxygen atoms in total. The molecule has 0 radical (unpaired) electrons. The van der Waals surface area contributed by atoms with Crippen molar-refractivity contribution in [3.05, 3.63) is 34.9 Å². The van der Waals surface area contributed by atoms with E-state index in [4.69, 9.17) is 11.6 Å². The molecule has 4 heteroatoms. The molecule has 0 saturated carbocycles. The van der Waals surface area contributed by atoms with Gasteiger partial charge >= 0.3 is 0 Å². The molecular weight excluding hydrogens is 348 g/mol. The van der Waals surface area contributed by atoms with Gasteiger partial charge in [-0.15, -0.1) is 5.54 Å². The maximum atomic E-state index is 10.3. The standard InChI is InChI=1S/C21H27ClO2Si/c1-13(2)25(14(3)4,15(5)6)10-9-18-19(22)8-7-16-11-17(23)12-20(24)21(16)18/h7-8,11-15,23-24H,1-6H3. The highest BCUT2D eigenvalue weighted by Gasteiger charge is 2.41. The average Bonchev–Trinajstić information content (AvgIpc) is 2.48. The van der Waals surface area contributed by atoms with Gasteiger partial charge in [0.2, 0.25) is 0 Å². The van der Waals surface area contributed by atoms with Crippen LogP contribution in [0, 0.1) is 11.5 Å². The van der Waals surface area contributed by atoms with E-state index in [0.717, 1.165) is 5.39 Å². The van der Waals surface area contributed by atoms with Crippen molar-refractivity contribution >= 4 is 30.4 Å². The number of hydrogen-bond donors (Lipinski definition) is 2. The number of halogens is 1. The summed E-state index contributed by atoms with van der Waals surface area (Å²) < 4.78 is 0. The largest absolute Gasteiger partial charge is 0.508 e. The summed E-state index contributed by atoms with van der Waals surface area (Å²) in [5.74, 6) is 3.38. The lowest BCUT2D eigenvalue weighted by molar-refractivity contribution is 0.455. The quantitative estimate of drug-likeness (QED) is 0.477. The normalized spacial score (nSPS) is 12.1. The van der Waals surface area contributed by atoms with E-state index < -0.39 is 8.07 Å². The van der Waals surface area contributed by atoms with Crippen LogP contribution in [-0.4, -0.2) is 18.3 Å². The molecule has 2 N–H and O–H groups in total. The van der Waals surface area contributed by atoms with Gasteiger partial charge in [0.15, 0.2) is 0 Å². The fourth-order valence-corrected chi connectivity index (χ4v) is 9.54. The van der Waals surface area contributed by atoms with Crippen LogP contribution in [0.1, 0.15) is 47.1 Å². The van der Waals surface area contributed by atoms with E-state index >= 15 is 0 Å². The lowest BCUT2D eigenvalue weighted by Gasteiger charge is -2.38. The monoisotopic (exact) mass is 374 g/mol. The molecule has 0 spiro atoms. The van der Waals surface area contributed by atoms with E-state index in [2.05, 4.69) is 53.0 Å². The third-order valence-electron chi connectivity index (χ3n) is 5.30. The molecule has 0 bridgehead atoms. The summed E-state index contributed by atoms with van der Waals surface area (Å²) >= 11 is 6.42. The van der Waals surface area contributed by atoms with Crippen molar-refractivity contribution < 1.29 is 10.2 Å². The van der Waals surface area contributed by atoms with Gasteiger partial charge in [-0.2, -0.15) is 0 Å². The first-order chi connectivity index (χ1) is 11.6. The van der Waals surface area contributed by atoms with Crippen LogP contribution in [0.2, 0.25) is 21.6 Å². The Morgan fingerprint density at radius 2 is 1.48 bits per heavy atom. The molecule has 0 aromatic heterocycles. The highest BCUT2D eigenvalue weighted by Crippen LogP contribution is 2.41. The van der Waals surface area contributed by atoms with Crippen LogP contribution in [0.3, 0.4) is 0 Å². The zero-order valence-electron chi connectivity index (χ0n) is 15.8. The third kappa shape index (κ3) is 3.52. The minimum atomic E-state index is -1.90. The fraction of sp³-hybridized carbons (Fsp3) is 0.429. The predicted molar refractivity (Wildman–Crippen MR) is 110 cm³/mol. The second-order valence-electron chi connectivity index (χ2n) is 7.63. The number of hydrogen-bond acceptors (Lipinski definition) is 2. The molecule has 0 unspecified atom stereocenters. The zero-order valence-corrected chi connectivity index (χ0v) is 17.6. The molecule has 0 heterocycles. The van der Waals surface area contributed by atoms with Gasteiger partial charge in [-0.1, -0.05) is 65.1 Å². The third-order valence-corrected chi connectivity index (χ3v) is 11.9. The van der Waals surface area contributed by atoms with Gasteiger partial charge in [0.1, 0.15) is 19.6 Å². The Morgan fingerprint density at radius 1 is 0.920 bits per heavy atom. The topological polar surface area (TPSA) is 40.5 Å². The minimum absolute atomic E-state index is 0.00714. The maximum Gasteiger partial charge on any atom is 0.146 e. The average molecular weight is 375 g/mol. The SMILES string of the molecule is CC(C)[Si](C#Cc1c(Cl)ccc2cc(O)cc(O)c12)(C(C)C)C(C)C. The van der Waals surface area contributed by atoms with Crippen molar-refractivity contribution in [1.82, 2.24) is 0 Å². The van der Waals surface area contributed by atoms with Crippen molar-refractivity contribution in [2.75, 3.05) is 0 Å². The molecule has 0 atom stereocenters. The Morgan fingerprint density at radius 3 is 2.00 bits per heavy atom. The maximum absolute atomic E-state index is 10.3. The van der Waals surface area contributed by atoms with Crippen molar-refractivity contribution in [2.45, 2.75) is 58.2 Å². The highest BCUT2D eigenvalue weighted by atomic mass is 35.5. The van der Waals surface area contributed by atoms with Gasteiger partial charge in [0, 0.05) is 11.5 Å². The van der Waals surface area contributed by atoms with Crippen molar-refractivity contribution in [3.8, 4) is 23.0 Å². The second kappa shape index (κ2) is 7.31. The van der Waals surface area contributed by atoms with Crippen molar-refractivity contribution in [2.24, 2.45) is 0 Å². The van der Waals surface area contributed by atoms with Gasteiger partial charge in [-0.3, -0.25) is 0 Å². The molecule has 25 heavy (non-hydrogen) atoms. The Balaban J connectivity index is 2.77. The molecule has 0 fully saturated rings. The summed E-state index contributed by atoms with van der Waals surface area (Å²) in [5, 5.41) is 21.9. The molecule has 0 aliphatic heterocycles. The first-order valence-corrected chi connectivity index (χ1v) is 11.4. The Kier molecular flexibility index (Phi) is 5.76. The van der Waals surface area contributed by atoms with E-state index in [-0.39, 0.29) is 11.5 Å². The highest BCUT2D eigenvalue weighted by molar-refractivity contribution is 6.90. The van der Waals surface area contributed by atoms with Gasteiger partial charge in [-0.25, -0.2) is 0 Å². The summed E-state index contributed by atoms with van der Waals surface area (Å²) in [6.45, 7) is 13.6. The van der Waals surface area contributed by atoms with Crippen molar-refractivity contribution in [1.29, 1.82) is 0 Å². The lowest BCUT2D eigenvalue weighted by atomic mass is 10.0. The smallest absolute Gasteiger partial charge is 0.146 e. The molecule has 0 aliphatic rings. The van der Waals surface area contributed by atoms with E-state index in [1.165, 1.54) is 6.07 Å². The molecule has 2 aromatic rings. The van der Waals surface area contributed by atoms with E-state index in [0.29, 0.717) is 32.6 Å². The lowest BCUT2D eigenvalue weighted by Crippen LogP contribution is -2.43. The summed E-state index contributed by atoms with van der Waals surface area (Å²) in [7, 11) is -1.90. The molecule has 134 valence electrons. The van der Waals surface area contributed by atoms with Crippen LogP contribution in [0.25, 0.3) is 10.8 Å². The molecule has 0 saturated heterocycles. The Bertz CT molecular complexity index is 823. The number of aromatic hydroxyl groups is 2. The minimum Gasteiger partial charge on any atom is -0.508 e. The summed E-state index contributed by atoms with van der Waals surface area (Å²) in [6, 6.07) is 6.52. The van der Waals surface area contributed by atoms with E-state index in [1.54, 1.807) is 18.2 Å². The molecular formula is C21H27ClO2Si. The van der Waals surface area contributed by atoms with Crippen LogP contribution in [0.15, 0.2) is 24.3 Å². The Hall–Kier alpha value is -1.63. The summed E-state index contributed by atoms with van der Waals surface area (Å²) in [6.07, 6.45) is 0.